The number of hydrogen-bond acceptors (Lipinski definition) is 6. The first kappa shape index (κ1) is 14.2. The highest BCUT2D eigenvalue weighted by Gasteiger charge is 2.28. The van der Waals surface area contributed by atoms with Crippen molar-refractivity contribution in [1.29, 1.82) is 0 Å². The second-order valence-corrected chi connectivity index (χ2v) is 4.05. The summed E-state index contributed by atoms with van der Waals surface area (Å²) in [7, 11) is 0. The van der Waals surface area contributed by atoms with Gasteiger partial charge in [0.15, 0.2) is 0 Å². The Hall–Kier alpha value is -1.83. The van der Waals surface area contributed by atoms with E-state index in [4.69, 9.17) is 11.5 Å². The molecule has 0 aliphatic rings. The standard InChI is InChI=1S/C11H17N3O4/c12-8-3-7(10(13)18)1-2-9(8)14-11(4-15,5-16)6-17/h1-3,14-17H,4-6,12H2,(H2,13,18). The smallest absolute Gasteiger partial charge is 0.248 e. The molecule has 7 heteroatoms. The fraction of sp³-hybridized carbons (Fsp3) is 0.364. The van der Waals surface area contributed by atoms with Gasteiger partial charge in [0.25, 0.3) is 0 Å². The highest BCUT2D eigenvalue weighted by Crippen LogP contribution is 2.23. The Morgan fingerprint density at radius 2 is 1.78 bits per heavy atom. The molecule has 0 bridgehead atoms. The minimum atomic E-state index is -1.28. The number of nitrogen functional groups attached to an aromatic ring is 1. The second-order valence-electron chi connectivity index (χ2n) is 4.05. The molecule has 0 unspecified atom stereocenters. The van der Waals surface area contributed by atoms with Gasteiger partial charge in [-0.3, -0.25) is 4.79 Å². The molecule has 0 aliphatic heterocycles. The van der Waals surface area contributed by atoms with Gasteiger partial charge in [0.2, 0.25) is 5.91 Å². The number of carbonyl (C=O) groups excluding carboxylic acids is 1. The van der Waals surface area contributed by atoms with Crippen molar-refractivity contribution in [1.82, 2.24) is 0 Å². The average molecular weight is 255 g/mol. The third-order valence-electron chi connectivity index (χ3n) is 2.64. The zero-order valence-corrected chi connectivity index (χ0v) is 9.76. The van der Waals surface area contributed by atoms with Crippen molar-refractivity contribution in [3.63, 3.8) is 0 Å². The molecule has 100 valence electrons. The molecule has 0 heterocycles. The number of amides is 1. The van der Waals surface area contributed by atoms with E-state index in [1.54, 1.807) is 0 Å². The number of nitrogens with two attached hydrogens (primary N) is 2. The van der Waals surface area contributed by atoms with Crippen molar-refractivity contribution in [2.45, 2.75) is 5.54 Å². The normalized spacial score (nSPS) is 11.3. The molecule has 8 N–H and O–H groups in total. The molecule has 1 rings (SSSR count). The number of primary amides is 1. The van der Waals surface area contributed by atoms with Gasteiger partial charge in [0.05, 0.1) is 31.2 Å². The van der Waals surface area contributed by atoms with Crippen LogP contribution in [-0.2, 0) is 0 Å². The topological polar surface area (TPSA) is 142 Å². The van der Waals surface area contributed by atoms with Gasteiger partial charge < -0.3 is 32.1 Å². The molecular weight excluding hydrogens is 238 g/mol. The fourth-order valence-corrected chi connectivity index (χ4v) is 1.38. The summed E-state index contributed by atoms with van der Waals surface area (Å²) in [5.41, 5.74) is 10.4. The number of nitrogens with one attached hydrogen (secondary N) is 1. The van der Waals surface area contributed by atoms with Gasteiger partial charge in [-0.1, -0.05) is 0 Å². The highest BCUT2D eigenvalue weighted by molar-refractivity contribution is 5.94. The maximum atomic E-state index is 10.9. The third kappa shape index (κ3) is 2.89. The van der Waals surface area contributed by atoms with Crippen LogP contribution in [0.3, 0.4) is 0 Å². The molecule has 1 aromatic carbocycles. The fourth-order valence-electron chi connectivity index (χ4n) is 1.38. The van der Waals surface area contributed by atoms with Crippen molar-refractivity contribution in [2.24, 2.45) is 5.73 Å². The molecule has 0 saturated carbocycles. The van der Waals surface area contributed by atoms with Crippen molar-refractivity contribution in [2.75, 3.05) is 30.9 Å². The van der Waals surface area contributed by atoms with Crippen LogP contribution in [0.5, 0.6) is 0 Å². The van der Waals surface area contributed by atoms with Crippen LogP contribution in [0.25, 0.3) is 0 Å². The molecular formula is C11H17N3O4. The predicted molar refractivity (Wildman–Crippen MR) is 67.0 cm³/mol. The summed E-state index contributed by atoms with van der Waals surface area (Å²) in [5.74, 6) is -0.606. The zero-order chi connectivity index (χ0) is 13.8. The summed E-state index contributed by atoms with van der Waals surface area (Å²) < 4.78 is 0. The van der Waals surface area contributed by atoms with Gasteiger partial charge in [-0.15, -0.1) is 0 Å². The molecule has 1 aromatic rings. The Kier molecular flexibility index (Phi) is 4.49. The minimum absolute atomic E-state index is 0.228. The summed E-state index contributed by atoms with van der Waals surface area (Å²) in [4.78, 5) is 10.9. The zero-order valence-electron chi connectivity index (χ0n) is 9.76. The van der Waals surface area contributed by atoms with Gasteiger partial charge in [-0.2, -0.15) is 0 Å². The predicted octanol–water partition coefficient (Wildman–Crippen LogP) is -1.50. The van der Waals surface area contributed by atoms with Gasteiger partial charge in [-0.25, -0.2) is 0 Å². The van der Waals surface area contributed by atoms with E-state index in [0.717, 1.165) is 0 Å². The largest absolute Gasteiger partial charge is 0.397 e. The number of benzene rings is 1. The van der Waals surface area contributed by atoms with Crippen LogP contribution in [-0.4, -0.2) is 46.6 Å². The number of aliphatic hydroxyl groups excluding tert-OH is 3. The maximum Gasteiger partial charge on any atom is 0.248 e. The lowest BCUT2D eigenvalue weighted by molar-refractivity contribution is 0.0834. The Morgan fingerprint density at radius 3 is 2.17 bits per heavy atom. The van der Waals surface area contributed by atoms with E-state index in [1.807, 2.05) is 0 Å². The summed E-state index contributed by atoms with van der Waals surface area (Å²) >= 11 is 0. The Bertz CT molecular complexity index is 424. The number of rotatable bonds is 6. The average Bonchev–Trinajstić information content (AvgIpc) is 2.38. The monoisotopic (exact) mass is 255 g/mol. The number of hydrogen-bond donors (Lipinski definition) is 6. The van der Waals surface area contributed by atoms with Crippen LogP contribution in [0.2, 0.25) is 0 Å². The van der Waals surface area contributed by atoms with E-state index in [-0.39, 0.29) is 11.3 Å². The first-order valence-electron chi connectivity index (χ1n) is 5.28. The molecule has 0 atom stereocenters. The molecule has 0 fully saturated rings. The third-order valence-corrected chi connectivity index (χ3v) is 2.64. The summed E-state index contributed by atoms with van der Waals surface area (Å²) in [5, 5.41) is 30.3. The van der Waals surface area contributed by atoms with Gasteiger partial charge >= 0.3 is 0 Å². The second kappa shape index (κ2) is 5.67. The van der Waals surface area contributed by atoms with Crippen molar-refractivity contribution in [3.05, 3.63) is 23.8 Å². The lowest BCUT2D eigenvalue weighted by Crippen LogP contribution is -2.49. The number of aliphatic hydroxyl groups is 3. The molecule has 0 radical (unpaired) electrons. The van der Waals surface area contributed by atoms with Crippen LogP contribution in [0.15, 0.2) is 18.2 Å². The van der Waals surface area contributed by atoms with Crippen LogP contribution in [0.1, 0.15) is 10.4 Å². The molecule has 18 heavy (non-hydrogen) atoms. The Morgan fingerprint density at radius 1 is 1.22 bits per heavy atom. The van der Waals surface area contributed by atoms with E-state index in [0.29, 0.717) is 5.69 Å². The minimum Gasteiger partial charge on any atom is -0.397 e. The van der Waals surface area contributed by atoms with Crippen molar-refractivity contribution >= 4 is 17.3 Å². The van der Waals surface area contributed by atoms with Crippen LogP contribution in [0.4, 0.5) is 11.4 Å². The Balaban J connectivity index is 3.01. The first-order chi connectivity index (χ1) is 8.48. The number of anilines is 2. The van der Waals surface area contributed by atoms with E-state index < -0.39 is 31.3 Å². The summed E-state index contributed by atoms with van der Waals surface area (Å²) in [6, 6.07) is 4.32. The van der Waals surface area contributed by atoms with Crippen LogP contribution < -0.4 is 16.8 Å². The van der Waals surface area contributed by atoms with Gasteiger partial charge in [0, 0.05) is 5.56 Å². The molecule has 7 nitrogen and oxygen atoms in total. The Labute approximate surface area is 104 Å². The summed E-state index contributed by atoms with van der Waals surface area (Å²) in [6.07, 6.45) is 0. The SMILES string of the molecule is NC(=O)c1ccc(NC(CO)(CO)CO)c(N)c1. The van der Waals surface area contributed by atoms with Gasteiger partial charge in [0.1, 0.15) is 5.54 Å². The van der Waals surface area contributed by atoms with Crippen molar-refractivity contribution in [3.8, 4) is 0 Å². The molecule has 0 aromatic heterocycles. The molecule has 1 amide bonds. The van der Waals surface area contributed by atoms with E-state index in [9.17, 15) is 20.1 Å². The quantitative estimate of drug-likeness (QED) is 0.341. The summed E-state index contributed by atoms with van der Waals surface area (Å²) in [6.45, 7) is -1.43. The maximum absolute atomic E-state index is 10.9. The first-order valence-corrected chi connectivity index (χ1v) is 5.28. The molecule has 0 saturated heterocycles. The molecule has 0 aliphatic carbocycles. The van der Waals surface area contributed by atoms with E-state index >= 15 is 0 Å². The molecule has 0 spiro atoms. The lowest BCUT2D eigenvalue weighted by atomic mass is 10.0. The van der Waals surface area contributed by atoms with E-state index in [1.165, 1.54) is 18.2 Å². The van der Waals surface area contributed by atoms with E-state index in [2.05, 4.69) is 5.32 Å². The van der Waals surface area contributed by atoms with Crippen LogP contribution in [0, 0.1) is 0 Å². The van der Waals surface area contributed by atoms with Gasteiger partial charge in [-0.05, 0) is 18.2 Å². The highest BCUT2D eigenvalue weighted by atomic mass is 16.3. The van der Waals surface area contributed by atoms with Crippen LogP contribution >= 0.6 is 0 Å². The van der Waals surface area contributed by atoms with Crippen molar-refractivity contribution < 1.29 is 20.1 Å². The lowest BCUT2D eigenvalue weighted by Gasteiger charge is -2.30. The number of carbonyl (C=O) groups is 1.